The van der Waals surface area contributed by atoms with Gasteiger partial charge >= 0.3 is 0 Å². The summed E-state index contributed by atoms with van der Waals surface area (Å²) >= 11 is 0. The summed E-state index contributed by atoms with van der Waals surface area (Å²) in [4.78, 5) is 1.75. The van der Waals surface area contributed by atoms with Crippen molar-refractivity contribution in [3.8, 4) is 0 Å². The van der Waals surface area contributed by atoms with Gasteiger partial charge in [-0.3, -0.25) is 7.05 Å². The van der Waals surface area contributed by atoms with E-state index >= 15 is 0 Å². The van der Waals surface area contributed by atoms with Crippen LogP contribution in [0.1, 0.15) is 0 Å². The van der Waals surface area contributed by atoms with Crippen LogP contribution in [-0.2, 0) is 53.8 Å². The van der Waals surface area contributed by atoms with E-state index in [0.717, 1.165) is 0 Å². The molecule has 0 rings (SSSR count). The van der Waals surface area contributed by atoms with Gasteiger partial charge in [-0.1, -0.05) is 0 Å². The van der Waals surface area contributed by atoms with Gasteiger partial charge in [0, 0.05) is 53.8 Å². The molecule has 0 saturated carbocycles. The largest absolute Gasteiger partial charge is 0.464 e. The van der Waals surface area contributed by atoms with Crippen molar-refractivity contribution < 1.29 is 53.8 Å². The summed E-state index contributed by atoms with van der Waals surface area (Å²) < 4.78 is 0. The Morgan fingerprint density at radius 1 is 1.29 bits per heavy atom. The van der Waals surface area contributed by atoms with Crippen LogP contribution in [0, 0.1) is 14.5 Å². The Labute approximate surface area is 86.4 Å². The molecule has 1 radical (unpaired) electrons. The Kier molecular flexibility index (Phi) is 52.1. The fourth-order valence-electron chi connectivity index (χ4n) is 0. The molecule has 0 atom stereocenters. The average molecular weight is 346 g/mol. The predicted molar refractivity (Wildman–Crippen MR) is 25.5 cm³/mol. The second-order valence-electron chi connectivity index (χ2n) is 1.08. The van der Waals surface area contributed by atoms with Crippen molar-refractivity contribution in [2.24, 2.45) is 0 Å². The van der Waals surface area contributed by atoms with Gasteiger partial charge in [0.15, 0.2) is 0 Å². The summed E-state index contributed by atoms with van der Waals surface area (Å²) in [6, 6.07) is 0. The first kappa shape index (κ1) is 23.3. The summed E-state index contributed by atoms with van der Waals surface area (Å²) in [6.45, 7) is 0. The monoisotopic (exact) mass is 346 g/mol. The Hall–Kier alpha value is 1.75. The predicted octanol–water partition coefficient (Wildman–Crippen LogP) is 0.785. The quantitative estimate of drug-likeness (QED) is 0.587. The topological polar surface area (TPSA) is 3.24 Å². The molecular weight excluding hydrogens is 335 g/mol. The van der Waals surface area contributed by atoms with Crippen molar-refractivity contribution in [2.75, 3.05) is 14.1 Å². The van der Waals surface area contributed by atoms with E-state index in [1.807, 2.05) is 14.1 Å². The summed E-state index contributed by atoms with van der Waals surface area (Å²) in [5.74, 6) is 0. The van der Waals surface area contributed by atoms with Crippen LogP contribution in [0.3, 0.4) is 0 Å². The van der Waals surface area contributed by atoms with Crippen LogP contribution in [0.5, 0.6) is 0 Å². The van der Waals surface area contributed by atoms with Crippen molar-refractivity contribution in [2.45, 2.75) is 0 Å². The molecule has 0 saturated heterocycles. The van der Waals surface area contributed by atoms with Crippen LogP contribution in [0.4, 0.5) is 0 Å². The molecule has 0 aromatic carbocycles. The zero-order valence-corrected chi connectivity index (χ0v) is 10.9. The maximum Gasteiger partial charge on any atom is 0 e. The Bertz CT molecular complexity index is 16.4. The Morgan fingerprint density at radius 2 is 1.29 bits per heavy atom. The van der Waals surface area contributed by atoms with E-state index in [0.29, 0.717) is 0 Å². The smallest absolute Gasteiger partial charge is 0 e. The van der Waals surface area contributed by atoms with Crippen LogP contribution in [0.25, 0.3) is 0 Å². The molecule has 0 unspecified atom stereocenters. The van der Waals surface area contributed by atoms with Gasteiger partial charge in [0.25, 0.3) is 0 Å². The van der Waals surface area contributed by atoms with E-state index < -0.39 is 0 Å². The molecular formula is C4H11NWY-2. The molecule has 43 valence electrons. The maximum absolute atomic E-state index is 3.47. The van der Waals surface area contributed by atoms with Crippen LogP contribution in [0.15, 0.2) is 0 Å². The molecule has 0 aromatic rings. The minimum Gasteiger partial charge on any atom is -0.464 e. The third kappa shape index (κ3) is 83.5. The van der Waals surface area contributed by atoms with Crippen LogP contribution < -0.4 is 0 Å². The molecule has 3 heteroatoms. The molecule has 0 amide bonds. The molecule has 0 aliphatic rings. The fraction of sp³-hybridized carbons (Fsp3) is 0.500. The first-order chi connectivity index (χ1) is 1.73. The molecule has 1 nitrogen and oxygen atoms in total. The van der Waals surface area contributed by atoms with Crippen LogP contribution >= 0.6 is 0 Å². The second kappa shape index (κ2) is 15.7. The average Bonchev–Trinajstić information content (AvgIpc) is 0.811. The van der Waals surface area contributed by atoms with Crippen molar-refractivity contribution in [3.63, 3.8) is 0 Å². The van der Waals surface area contributed by atoms with Crippen molar-refractivity contribution in [1.82, 2.24) is 4.90 Å². The minimum atomic E-state index is 0. The molecule has 0 bridgehead atoms. The molecule has 0 N–H and O–H groups in total. The number of rotatable bonds is 0. The van der Waals surface area contributed by atoms with Gasteiger partial charge < -0.3 is 12.3 Å². The zero-order valence-electron chi connectivity index (χ0n) is 5.14. The van der Waals surface area contributed by atoms with Crippen LogP contribution in [-0.4, -0.2) is 19.0 Å². The van der Waals surface area contributed by atoms with Gasteiger partial charge in [-0.05, 0) is 14.1 Å². The van der Waals surface area contributed by atoms with Crippen molar-refractivity contribution >= 4 is 0 Å². The Balaban J connectivity index is -0.0000000150. The summed E-state index contributed by atoms with van der Waals surface area (Å²) in [7, 11) is 7.25. The summed E-state index contributed by atoms with van der Waals surface area (Å²) in [6.07, 6.45) is 0. The standard InChI is InChI=1S/C3H8N.CH3.W.Y/c1-4(2)3;;;/h1H2,2-3H3;1H3;;/q2*-1;;. The minimum absolute atomic E-state index is 0. The van der Waals surface area contributed by atoms with Crippen molar-refractivity contribution in [1.29, 1.82) is 0 Å². The third-order valence-corrected chi connectivity index (χ3v) is 0. The summed E-state index contributed by atoms with van der Waals surface area (Å²) in [5, 5.41) is 0. The van der Waals surface area contributed by atoms with E-state index in [9.17, 15) is 0 Å². The molecule has 0 aliphatic carbocycles. The van der Waals surface area contributed by atoms with E-state index in [1.165, 1.54) is 0 Å². The number of hydrogen-bond donors (Lipinski definition) is 0. The van der Waals surface area contributed by atoms with Gasteiger partial charge in [-0.25, -0.2) is 0 Å². The number of nitrogens with zero attached hydrogens (tertiary/aromatic N) is 1. The van der Waals surface area contributed by atoms with Gasteiger partial charge in [0.2, 0.25) is 0 Å². The van der Waals surface area contributed by atoms with E-state index in [-0.39, 0.29) is 61.2 Å². The molecule has 0 spiro atoms. The SMILES string of the molecule is [CH2-]N(C)C.[CH3-].[W].[Y]. The number of hydrogen-bond acceptors (Lipinski definition) is 1. The van der Waals surface area contributed by atoms with Crippen molar-refractivity contribution in [3.05, 3.63) is 14.5 Å². The third-order valence-electron chi connectivity index (χ3n) is 0. The molecule has 7 heavy (non-hydrogen) atoms. The van der Waals surface area contributed by atoms with Gasteiger partial charge in [-0.2, -0.15) is 0 Å². The normalized spacial score (nSPS) is 5.14. The van der Waals surface area contributed by atoms with Gasteiger partial charge in [0.05, 0.1) is 0 Å². The van der Waals surface area contributed by atoms with Crippen LogP contribution in [0.2, 0.25) is 0 Å². The van der Waals surface area contributed by atoms with Gasteiger partial charge in [-0.15, -0.1) is 0 Å². The Morgan fingerprint density at radius 3 is 1.29 bits per heavy atom. The summed E-state index contributed by atoms with van der Waals surface area (Å²) in [5.41, 5.74) is 0. The molecule has 0 heterocycles. The van der Waals surface area contributed by atoms with E-state index in [1.54, 1.807) is 4.90 Å². The van der Waals surface area contributed by atoms with E-state index in [4.69, 9.17) is 0 Å². The molecule has 0 aliphatic heterocycles. The fourth-order valence-corrected chi connectivity index (χ4v) is 0. The van der Waals surface area contributed by atoms with E-state index in [2.05, 4.69) is 7.05 Å². The first-order valence-electron chi connectivity index (χ1n) is 1.21. The zero-order chi connectivity index (χ0) is 3.58. The maximum atomic E-state index is 3.47. The molecule has 0 fully saturated rings. The first-order valence-corrected chi connectivity index (χ1v) is 1.21. The second-order valence-corrected chi connectivity index (χ2v) is 1.08. The molecule has 0 aromatic heterocycles. The van der Waals surface area contributed by atoms with Gasteiger partial charge in [0.1, 0.15) is 0 Å².